The van der Waals surface area contributed by atoms with E-state index in [1.165, 1.54) is 29.7 Å². The van der Waals surface area contributed by atoms with Gasteiger partial charge in [-0.3, -0.25) is 19.1 Å². The van der Waals surface area contributed by atoms with E-state index in [1.807, 2.05) is 12.1 Å². The summed E-state index contributed by atoms with van der Waals surface area (Å²) in [6.45, 7) is 6.37. The summed E-state index contributed by atoms with van der Waals surface area (Å²) in [5, 5.41) is 3.56. The van der Waals surface area contributed by atoms with Crippen LogP contribution in [0, 0.1) is 6.92 Å². The summed E-state index contributed by atoms with van der Waals surface area (Å²) in [5.41, 5.74) is 1.91. The van der Waals surface area contributed by atoms with Crippen molar-refractivity contribution < 1.29 is 4.79 Å². The molecule has 2 aromatic heterocycles. The lowest BCUT2D eigenvalue weighted by Gasteiger charge is -2.35. The minimum Gasteiger partial charge on any atom is -0.354 e. The lowest BCUT2D eigenvalue weighted by Crippen LogP contribution is -2.46. The van der Waals surface area contributed by atoms with Gasteiger partial charge in [0.2, 0.25) is 5.91 Å². The number of nitrogens with one attached hydrogen (secondary N) is 1. The second-order valence-corrected chi connectivity index (χ2v) is 9.60. The molecule has 0 bridgehead atoms. The first kappa shape index (κ1) is 22.5. The van der Waals surface area contributed by atoms with Crippen LogP contribution in [0.3, 0.4) is 0 Å². The smallest absolute Gasteiger partial charge is 0.254 e. The molecule has 34 heavy (non-hydrogen) atoms. The van der Waals surface area contributed by atoms with E-state index in [-0.39, 0.29) is 23.9 Å². The van der Waals surface area contributed by atoms with E-state index in [9.17, 15) is 9.59 Å². The fourth-order valence-electron chi connectivity index (χ4n) is 4.39. The Morgan fingerprint density at radius 3 is 2.71 bits per heavy atom. The molecule has 1 unspecified atom stereocenters. The van der Waals surface area contributed by atoms with Crippen LogP contribution in [-0.4, -0.2) is 62.3 Å². The number of piperazine rings is 1. The number of benzene rings is 1. The third kappa shape index (κ3) is 5.13. The zero-order chi connectivity index (χ0) is 23.5. The zero-order valence-electron chi connectivity index (χ0n) is 19.1. The zero-order valence-corrected chi connectivity index (χ0v) is 19.9. The highest BCUT2D eigenvalue weighted by Gasteiger charge is 2.27. The van der Waals surface area contributed by atoms with E-state index >= 15 is 0 Å². The number of hydrogen-bond donors (Lipinski definition) is 1. The van der Waals surface area contributed by atoms with Crippen LogP contribution >= 0.6 is 11.8 Å². The van der Waals surface area contributed by atoms with Gasteiger partial charge in [0.25, 0.3) is 5.56 Å². The number of anilines is 2. The normalized spacial score (nSPS) is 18.0. The number of aromatic nitrogens is 4. The summed E-state index contributed by atoms with van der Waals surface area (Å²) < 4.78 is 1.62. The molecular weight excluding hydrogens is 450 g/mol. The van der Waals surface area contributed by atoms with Gasteiger partial charge in [-0.2, -0.15) is 0 Å². The highest BCUT2D eigenvalue weighted by molar-refractivity contribution is 7.99. The molecule has 0 saturated carbocycles. The van der Waals surface area contributed by atoms with Crippen molar-refractivity contribution in [3.63, 3.8) is 0 Å². The third-order valence-electron chi connectivity index (χ3n) is 6.10. The molecule has 1 amide bonds. The lowest BCUT2D eigenvalue weighted by molar-refractivity contribution is -0.116. The number of thioether (sulfide) groups is 1. The molecule has 5 rings (SSSR count). The largest absolute Gasteiger partial charge is 0.354 e. The monoisotopic (exact) mass is 477 g/mol. The molecule has 176 valence electrons. The van der Waals surface area contributed by atoms with E-state index in [2.05, 4.69) is 54.3 Å². The van der Waals surface area contributed by atoms with Crippen molar-refractivity contribution in [1.29, 1.82) is 0 Å². The number of rotatable bonds is 6. The Labute approximate surface area is 202 Å². The molecular formula is C24H27N7O2S. The average molecular weight is 478 g/mol. The lowest BCUT2D eigenvalue weighted by atomic mass is 10.2. The van der Waals surface area contributed by atoms with Gasteiger partial charge in [-0.15, -0.1) is 0 Å². The van der Waals surface area contributed by atoms with E-state index in [1.54, 1.807) is 11.5 Å². The van der Waals surface area contributed by atoms with Gasteiger partial charge in [-0.1, -0.05) is 42.1 Å². The highest BCUT2D eigenvalue weighted by Crippen LogP contribution is 2.32. The summed E-state index contributed by atoms with van der Waals surface area (Å²) in [7, 11) is 0. The summed E-state index contributed by atoms with van der Waals surface area (Å²) in [5.74, 6) is 1.76. The number of carbonyl (C=O) groups is 1. The van der Waals surface area contributed by atoms with E-state index in [0.29, 0.717) is 22.4 Å². The van der Waals surface area contributed by atoms with Gasteiger partial charge < -0.3 is 10.2 Å². The Hall–Kier alpha value is -3.24. The Morgan fingerprint density at radius 2 is 1.91 bits per heavy atom. The molecule has 4 heterocycles. The molecule has 0 radical (unpaired) electrons. The second-order valence-electron chi connectivity index (χ2n) is 8.62. The first-order valence-electron chi connectivity index (χ1n) is 11.4. The Morgan fingerprint density at radius 1 is 1.12 bits per heavy atom. The quantitative estimate of drug-likeness (QED) is 0.541. The minimum absolute atomic E-state index is 0.110. The maximum absolute atomic E-state index is 12.7. The maximum Gasteiger partial charge on any atom is 0.254 e. The first-order valence-corrected chi connectivity index (χ1v) is 12.4. The van der Waals surface area contributed by atoms with Gasteiger partial charge in [-0.05, 0) is 12.5 Å². The topological polar surface area (TPSA) is 96.2 Å². The standard InChI is InChI=1S/C24H27N7O2S/c1-17-11-23(33)31-19(15-34-24(31)27-17)12-22(32)28-20-13-21(26-16-25-20)30-9-7-29(8-10-30)14-18-5-3-2-4-6-18/h2-6,11,13,16,19H,7-10,12,14-15H2,1H3,(H,25,26,28,32). The SMILES string of the molecule is Cc1cc(=O)n2c(n1)SCC2CC(=O)Nc1cc(N2CCN(Cc3ccccc3)CC2)ncn1. The summed E-state index contributed by atoms with van der Waals surface area (Å²) >= 11 is 1.51. The minimum atomic E-state index is -0.209. The van der Waals surface area contributed by atoms with Crippen molar-refractivity contribution in [2.24, 2.45) is 0 Å². The molecule has 0 spiro atoms. The molecule has 10 heteroatoms. The van der Waals surface area contributed by atoms with Crippen molar-refractivity contribution in [3.8, 4) is 0 Å². The molecule has 0 aliphatic carbocycles. The van der Waals surface area contributed by atoms with E-state index in [4.69, 9.17) is 0 Å². The number of carbonyl (C=O) groups excluding carboxylic acids is 1. The number of hydrogen-bond acceptors (Lipinski definition) is 8. The first-order chi connectivity index (χ1) is 16.5. The summed E-state index contributed by atoms with van der Waals surface area (Å²) in [4.78, 5) is 42.8. The Balaban J connectivity index is 1.17. The Bertz CT molecular complexity index is 1230. The molecule has 1 saturated heterocycles. The predicted octanol–water partition coefficient (Wildman–Crippen LogP) is 2.34. The van der Waals surface area contributed by atoms with Gasteiger partial charge in [0, 0.05) is 62.7 Å². The summed E-state index contributed by atoms with van der Waals surface area (Å²) in [6.07, 6.45) is 1.68. The van der Waals surface area contributed by atoms with Crippen molar-refractivity contribution in [3.05, 3.63) is 70.4 Å². The molecule has 1 aromatic carbocycles. The second kappa shape index (κ2) is 9.94. The number of fused-ring (bicyclic) bond motifs is 1. The molecule has 1 fully saturated rings. The average Bonchev–Trinajstić information content (AvgIpc) is 3.23. The van der Waals surface area contributed by atoms with Crippen molar-refractivity contribution >= 4 is 29.3 Å². The van der Waals surface area contributed by atoms with Crippen LogP contribution in [0.2, 0.25) is 0 Å². The van der Waals surface area contributed by atoms with Crippen LogP contribution in [0.1, 0.15) is 23.7 Å². The molecule has 3 aromatic rings. The third-order valence-corrected chi connectivity index (χ3v) is 7.20. The number of amides is 1. The molecule has 2 aliphatic rings. The van der Waals surface area contributed by atoms with E-state index in [0.717, 1.165) is 38.5 Å². The van der Waals surface area contributed by atoms with Crippen LogP contribution in [0.4, 0.5) is 11.6 Å². The molecule has 1 atom stereocenters. The van der Waals surface area contributed by atoms with Gasteiger partial charge in [0.15, 0.2) is 5.16 Å². The van der Waals surface area contributed by atoms with Gasteiger partial charge >= 0.3 is 0 Å². The van der Waals surface area contributed by atoms with Gasteiger partial charge in [-0.25, -0.2) is 15.0 Å². The van der Waals surface area contributed by atoms with Crippen molar-refractivity contribution in [2.45, 2.75) is 31.1 Å². The molecule has 2 aliphatic heterocycles. The highest BCUT2D eigenvalue weighted by atomic mass is 32.2. The van der Waals surface area contributed by atoms with Crippen LogP contribution in [0.5, 0.6) is 0 Å². The van der Waals surface area contributed by atoms with Crippen LogP contribution in [0.25, 0.3) is 0 Å². The molecule has 1 N–H and O–H groups in total. The number of aryl methyl sites for hydroxylation is 1. The maximum atomic E-state index is 12.7. The van der Waals surface area contributed by atoms with Crippen LogP contribution < -0.4 is 15.8 Å². The fourth-order valence-corrected chi connectivity index (χ4v) is 5.58. The van der Waals surface area contributed by atoms with Gasteiger partial charge in [0.1, 0.15) is 18.0 Å². The fraction of sp³-hybridized carbons (Fsp3) is 0.375. The van der Waals surface area contributed by atoms with Gasteiger partial charge in [0.05, 0.1) is 6.04 Å². The Kier molecular flexibility index (Phi) is 6.59. The molecule has 9 nitrogen and oxygen atoms in total. The van der Waals surface area contributed by atoms with E-state index < -0.39 is 0 Å². The van der Waals surface area contributed by atoms with Crippen molar-refractivity contribution in [1.82, 2.24) is 24.4 Å². The summed E-state index contributed by atoms with van der Waals surface area (Å²) in [6, 6.07) is 13.6. The van der Waals surface area contributed by atoms with Crippen molar-refractivity contribution in [2.75, 3.05) is 42.1 Å². The number of nitrogens with zero attached hydrogens (tertiary/aromatic N) is 6. The predicted molar refractivity (Wildman–Crippen MR) is 132 cm³/mol. The van der Waals surface area contributed by atoms with Crippen LogP contribution in [-0.2, 0) is 11.3 Å². The van der Waals surface area contributed by atoms with Crippen LogP contribution in [0.15, 0.2) is 58.7 Å².